The first kappa shape index (κ1) is 14.7. The van der Waals surface area contributed by atoms with Gasteiger partial charge in [0.1, 0.15) is 0 Å². The van der Waals surface area contributed by atoms with Gasteiger partial charge in [-0.2, -0.15) is 0 Å². The normalized spacial score (nSPS) is 8.46. The summed E-state index contributed by atoms with van der Waals surface area (Å²) in [5, 5.41) is 0. The molecule has 78 valence electrons. The van der Waals surface area contributed by atoms with E-state index in [0.29, 0.717) is 25.7 Å². The maximum absolute atomic E-state index is 10.6. The Bertz CT molecular complexity index is 147. The summed E-state index contributed by atoms with van der Waals surface area (Å²) in [5.74, 6) is 9.24. The Hall–Kier alpha value is -0.850. The van der Waals surface area contributed by atoms with Crippen molar-refractivity contribution in [1.82, 2.24) is 10.9 Å². The van der Waals surface area contributed by atoms with Crippen LogP contribution in [-0.4, -0.2) is 11.8 Å². The number of halogens is 1. The average Bonchev–Trinajstić information content (AvgIpc) is 2.11. The first-order chi connectivity index (χ1) is 5.70. The van der Waals surface area contributed by atoms with Crippen molar-refractivity contribution < 1.29 is 9.59 Å². The summed E-state index contributed by atoms with van der Waals surface area (Å²) in [7, 11) is 0. The van der Waals surface area contributed by atoms with Gasteiger partial charge in [0.15, 0.2) is 0 Å². The highest BCUT2D eigenvalue weighted by atomic mass is 35.5. The van der Waals surface area contributed by atoms with Crippen LogP contribution < -0.4 is 22.5 Å². The molecule has 0 spiro atoms. The van der Waals surface area contributed by atoms with Crippen molar-refractivity contribution in [3.8, 4) is 0 Å². The van der Waals surface area contributed by atoms with Crippen molar-refractivity contribution in [2.45, 2.75) is 25.7 Å². The van der Waals surface area contributed by atoms with Gasteiger partial charge >= 0.3 is 0 Å². The van der Waals surface area contributed by atoms with E-state index >= 15 is 0 Å². The highest BCUT2D eigenvalue weighted by molar-refractivity contribution is 5.85. The molecule has 0 aromatic rings. The molecule has 0 saturated carbocycles. The Morgan fingerprint density at radius 2 is 1.23 bits per heavy atom. The zero-order valence-corrected chi connectivity index (χ0v) is 8.02. The Kier molecular flexibility index (Phi) is 10.4. The summed E-state index contributed by atoms with van der Waals surface area (Å²) in [4.78, 5) is 21.1. The van der Waals surface area contributed by atoms with Crippen LogP contribution in [0.5, 0.6) is 0 Å². The quantitative estimate of drug-likeness (QED) is 0.201. The van der Waals surface area contributed by atoms with E-state index in [2.05, 4.69) is 0 Å². The largest absolute Gasteiger partial charge is 0.294 e. The third-order valence-corrected chi connectivity index (χ3v) is 1.38. The van der Waals surface area contributed by atoms with Crippen LogP contribution in [0, 0.1) is 0 Å². The van der Waals surface area contributed by atoms with E-state index in [0.717, 1.165) is 0 Å². The van der Waals surface area contributed by atoms with Gasteiger partial charge in [-0.25, -0.2) is 11.7 Å². The summed E-state index contributed by atoms with van der Waals surface area (Å²) in [6, 6.07) is 0. The van der Waals surface area contributed by atoms with Crippen LogP contribution >= 0.6 is 12.4 Å². The van der Waals surface area contributed by atoms with Crippen molar-refractivity contribution >= 4 is 24.2 Å². The molecular formula is C6H15ClN4O2. The Balaban J connectivity index is 0. The zero-order valence-electron chi connectivity index (χ0n) is 7.21. The summed E-state index contributed by atoms with van der Waals surface area (Å²) >= 11 is 0. The van der Waals surface area contributed by atoms with Gasteiger partial charge in [0.05, 0.1) is 0 Å². The number of hydrazine groups is 2. The first-order valence-electron chi connectivity index (χ1n) is 3.69. The second kappa shape index (κ2) is 9.24. The molecule has 0 bridgehead atoms. The Labute approximate surface area is 82.8 Å². The highest BCUT2D eigenvalue weighted by Crippen LogP contribution is 1.98. The average molecular weight is 211 g/mol. The number of nitrogens with two attached hydrogens (primary N) is 2. The maximum Gasteiger partial charge on any atom is 0.233 e. The molecule has 0 fully saturated rings. The number of hydrogen-bond acceptors (Lipinski definition) is 4. The highest BCUT2D eigenvalue weighted by Gasteiger charge is 2.00. The lowest BCUT2D eigenvalue weighted by Gasteiger charge is -1.99. The van der Waals surface area contributed by atoms with E-state index in [1.54, 1.807) is 0 Å². The molecular weight excluding hydrogens is 196 g/mol. The molecule has 0 unspecified atom stereocenters. The predicted octanol–water partition coefficient (Wildman–Crippen LogP) is -1.05. The molecule has 0 aliphatic rings. The van der Waals surface area contributed by atoms with Crippen LogP contribution in [0.4, 0.5) is 0 Å². The topological polar surface area (TPSA) is 110 Å². The van der Waals surface area contributed by atoms with Gasteiger partial charge in [0.25, 0.3) is 0 Å². The number of unbranched alkanes of at least 4 members (excludes halogenated alkanes) is 1. The third-order valence-electron chi connectivity index (χ3n) is 1.38. The molecule has 6 nitrogen and oxygen atoms in total. The zero-order chi connectivity index (χ0) is 9.40. The van der Waals surface area contributed by atoms with Gasteiger partial charge in [-0.15, -0.1) is 12.4 Å². The molecule has 0 radical (unpaired) electrons. The second-order valence-electron chi connectivity index (χ2n) is 2.34. The number of hydrogen-bond donors (Lipinski definition) is 4. The van der Waals surface area contributed by atoms with Gasteiger partial charge < -0.3 is 0 Å². The fourth-order valence-corrected chi connectivity index (χ4v) is 0.715. The standard InChI is InChI=1S/C6H14N4O2.ClH/c7-9-5(11)3-1-2-4-6(12)10-8;/h1-4,7-8H2,(H,9,11)(H,10,12);1H. The van der Waals surface area contributed by atoms with Gasteiger partial charge in [-0.3, -0.25) is 20.4 Å². The summed E-state index contributed by atoms with van der Waals surface area (Å²) in [5.41, 5.74) is 4.01. The van der Waals surface area contributed by atoms with Crippen LogP contribution in [0.25, 0.3) is 0 Å². The lowest BCUT2D eigenvalue weighted by atomic mass is 10.2. The van der Waals surface area contributed by atoms with E-state index in [1.807, 2.05) is 10.9 Å². The monoisotopic (exact) mass is 210 g/mol. The molecule has 0 aromatic heterocycles. The molecule has 0 heterocycles. The van der Waals surface area contributed by atoms with E-state index in [4.69, 9.17) is 11.7 Å². The van der Waals surface area contributed by atoms with Crippen LogP contribution in [0.15, 0.2) is 0 Å². The predicted molar refractivity (Wildman–Crippen MR) is 50.4 cm³/mol. The van der Waals surface area contributed by atoms with E-state index in [9.17, 15) is 9.59 Å². The second-order valence-corrected chi connectivity index (χ2v) is 2.34. The number of amides is 2. The van der Waals surface area contributed by atoms with Crippen LogP contribution in [0.1, 0.15) is 25.7 Å². The van der Waals surface area contributed by atoms with Crippen molar-refractivity contribution in [3.05, 3.63) is 0 Å². The molecule has 2 amide bonds. The summed E-state index contributed by atoms with van der Waals surface area (Å²) in [6.07, 6.45) is 1.95. The SMILES string of the molecule is Cl.NNC(=O)CCCCC(=O)NN. The number of carbonyl (C=O) groups is 2. The molecule has 6 N–H and O–H groups in total. The maximum atomic E-state index is 10.6. The van der Waals surface area contributed by atoms with Crippen molar-refractivity contribution in [2.75, 3.05) is 0 Å². The molecule has 0 aromatic carbocycles. The third kappa shape index (κ3) is 9.06. The number of carbonyl (C=O) groups excluding carboxylic acids is 2. The van der Waals surface area contributed by atoms with E-state index < -0.39 is 0 Å². The lowest BCUT2D eigenvalue weighted by molar-refractivity contribution is -0.123. The fourth-order valence-electron chi connectivity index (χ4n) is 0.715. The molecule has 0 atom stereocenters. The first-order valence-corrected chi connectivity index (χ1v) is 3.69. The molecule has 0 saturated heterocycles. The van der Waals surface area contributed by atoms with Gasteiger partial charge in [0, 0.05) is 12.8 Å². The molecule has 0 aliphatic heterocycles. The van der Waals surface area contributed by atoms with Crippen LogP contribution in [0.3, 0.4) is 0 Å². The van der Waals surface area contributed by atoms with E-state index in [-0.39, 0.29) is 24.2 Å². The molecule has 13 heavy (non-hydrogen) atoms. The van der Waals surface area contributed by atoms with Crippen LogP contribution in [0.2, 0.25) is 0 Å². The minimum atomic E-state index is -0.219. The summed E-state index contributed by atoms with van der Waals surface area (Å²) < 4.78 is 0. The molecule has 7 heteroatoms. The Morgan fingerprint density at radius 1 is 0.923 bits per heavy atom. The fraction of sp³-hybridized carbons (Fsp3) is 0.667. The van der Waals surface area contributed by atoms with Gasteiger partial charge in [-0.1, -0.05) is 0 Å². The lowest BCUT2D eigenvalue weighted by Crippen LogP contribution is -2.30. The van der Waals surface area contributed by atoms with Gasteiger partial charge in [-0.05, 0) is 12.8 Å². The molecule has 0 aliphatic carbocycles. The van der Waals surface area contributed by atoms with Crippen molar-refractivity contribution in [3.63, 3.8) is 0 Å². The van der Waals surface area contributed by atoms with Gasteiger partial charge in [0.2, 0.25) is 11.8 Å². The minimum Gasteiger partial charge on any atom is -0.294 e. The number of nitrogens with one attached hydrogen (secondary N) is 2. The summed E-state index contributed by atoms with van der Waals surface area (Å²) in [6.45, 7) is 0. The molecule has 0 rings (SSSR count). The minimum absolute atomic E-state index is 0. The van der Waals surface area contributed by atoms with Crippen LogP contribution in [-0.2, 0) is 9.59 Å². The van der Waals surface area contributed by atoms with E-state index in [1.165, 1.54) is 0 Å². The van der Waals surface area contributed by atoms with Crippen molar-refractivity contribution in [1.29, 1.82) is 0 Å². The number of rotatable bonds is 5. The van der Waals surface area contributed by atoms with Crippen molar-refractivity contribution in [2.24, 2.45) is 11.7 Å². The smallest absolute Gasteiger partial charge is 0.233 e. The Morgan fingerprint density at radius 3 is 1.46 bits per heavy atom.